The predicted octanol–water partition coefficient (Wildman–Crippen LogP) is 1.60. The van der Waals surface area contributed by atoms with Crippen molar-refractivity contribution in [2.45, 2.75) is 56.5 Å². The van der Waals surface area contributed by atoms with Crippen LogP contribution >= 0.6 is 11.7 Å². The number of nitrogens with zero attached hydrogens (tertiary/aromatic N) is 2. The Morgan fingerprint density at radius 2 is 2.03 bits per heavy atom. The molecule has 0 saturated heterocycles. The van der Waals surface area contributed by atoms with Gasteiger partial charge in [0.05, 0.1) is 11.7 Å². The highest BCUT2D eigenvalue weighted by molar-refractivity contribution is 7.89. The van der Waals surface area contributed by atoms with Crippen LogP contribution in [0, 0.1) is 5.92 Å². The molecule has 1 saturated carbocycles. The van der Waals surface area contributed by atoms with Gasteiger partial charge in [-0.3, -0.25) is 9.59 Å². The predicted molar refractivity (Wildman–Crippen MR) is 108 cm³/mol. The molecule has 1 fully saturated rings. The number of rotatable bonds is 7. The first-order valence-corrected chi connectivity index (χ1v) is 11.7. The lowest BCUT2D eigenvalue weighted by Crippen LogP contribution is -2.44. The fraction of sp³-hybridized carbons (Fsp3) is 0.556. The van der Waals surface area contributed by atoms with Crippen molar-refractivity contribution in [3.05, 3.63) is 18.2 Å². The largest absolute Gasteiger partial charge is 0.454 e. The molecule has 0 spiro atoms. The second-order valence-corrected chi connectivity index (χ2v) is 9.49. The zero-order valence-electron chi connectivity index (χ0n) is 16.3. The highest BCUT2D eigenvalue weighted by Gasteiger charge is 2.27. The molecule has 29 heavy (non-hydrogen) atoms. The maximum atomic E-state index is 12.6. The van der Waals surface area contributed by atoms with Gasteiger partial charge in [-0.25, -0.2) is 8.42 Å². The van der Waals surface area contributed by atoms with Gasteiger partial charge in [0, 0.05) is 6.04 Å². The molecule has 158 valence electrons. The van der Waals surface area contributed by atoms with Gasteiger partial charge in [-0.05, 0) is 37.8 Å². The summed E-state index contributed by atoms with van der Waals surface area (Å²) in [6, 6.07) is 3.52. The Hall–Kier alpha value is -2.11. The highest BCUT2D eigenvalue weighted by Crippen LogP contribution is 2.23. The molecule has 1 heterocycles. The number of amides is 1. The molecule has 1 aliphatic carbocycles. The summed E-state index contributed by atoms with van der Waals surface area (Å²) in [5.41, 5.74) is 0.702. The van der Waals surface area contributed by atoms with E-state index in [1.807, 2.05) is 0 Å². The average molecular weight is 441 g/mol. The number of sulfonamides is 1. The van der Waals surface area contributed by atoms with Crippen LogP contribution in [0.5, 0.6) is 0 Å². The minimum Gasteiger partial charge on any atom is -0.454 e. The average Bonchev–Trinajstić information content (AvgIpc) is 3.16. The third-order valence-corrected chi connectivity index (χ3v) is 7.14. The summed E-state index contributed by atoms with van der Waals surface area (Å²) in [5, 5.41) is 2.89. The SMILES string of the molecule is C[C@H](NS(=O)(=O)c1cccc2nsnc12)C(=O)OCC(=O)N[C@@H]1CCCC[C@@H]1C. The van der Waals surface area contributed by atoms with Crippen molar-refractivity contribution in [2.24, 2.45) is 5.92 Å². The van der Waals surface area contributed by atoms with E-state index < -0.39 is 28.6 Å². The Morgan fingerprint density at radius 3 is 2.79 bits per heavy atom. The van der Waals surface area contributed by atoms with E-state index in [1.54, 1.807) is 12.1 Å². The summed E-state index contributed by atoms with van der Waals surface area (Å²) in [5.74, 6) is -0.827. The number of benzene rings is 1. The molecule has 11 heteroatoms. The lowest BCUT2D eigenvalue weighted by atomic mass is 9.86. The standard InChI is InChI=1S/C18H24N4O5S2/c1-11-6-3-4-7-13(11)19-16(23)10-27-18(24)12(2)22-29(25,26)15-9-5-8-14-17(15)21-28-20-14/h5,8-9,11-13,22H,3-4,6-7,10H2,1-2H3,(H,19,23)/t11-,12-,13+/m0/s1. The van der Waals surface area contributed by atoms with Gasteiger partial charge >= 0.3 is 5.97 Å². The van der Waals surface area contributed by atoms with Crippen LogP contribution in [0.25, 0.3) is 11.0 Å². The Balaban J connectivity index is 1.54. The number of carbonyl (C=O) groups excluding carboxylic acids is 2. The maximum Gasteiger partial charge on any atom is 0.324 e. The molecule has 3 atom stereocenters. The summed E-state index contributed by atoms with van der Waals surface area (Å²) in [6.07, 6.45) is 4.19. The van der Waals surface area contributed by atoms with E-state index >= 15 is 0 Å². The topological polar surface area (TPSA) is 127 Å². The third-order valence-electron chi connectivity index (χ3n) is 5.03. The van der Waals surface area contributed by atoms with Crippen molar-refractivity contribution < 1.29 is 22.7 Å². The number of nitrogens with one attached hydrogen (secondary N) is 2. The first-order valence-electron chi connectivity index (χ1n) is 9.47. The second-order valence-electron chi connectivity index (χ2n) is 7.27. The molecule has 3 rings (SSSR count). The van der Waals surface area contributed by atoms with Gasteiger partial charge in [-0.2, -0.15) is 13.5 Å². The van der Waals surface area contributed by atoms with Crippen LogP contribution in [0.2, 0.25) is 0 Å². The molecule has 1 aromatic heterocycles. The number of esters is 1. The van der Waals surface area contributed by atoms with Crippen LogP contribution in [0.15, 0.2) is 23.1 Å². The third kappa shape index (κ3) is 5.28. The molecule has 2 N–H and O–H groups in total. The summed E-state index contributed by atoms with van der Waals surface area (Å²) in [6.45, 7) is 3.01. The Morgan fingerprint density at radius 1 is 1.28 bits per heavy atom. The molecule has 9 nitrogen and oxygen atoms in total. The van der Waals surface area contributed by atoms with Crippen molar-refractivity contribution in [3.8, 4) is 0 Å². The van der Waals surface area contributed by atoms with Crippen molar-refractivity contribution in [2.75, 3.05) is 6.61 Å². The minimum absolute atomic E-state index is 0.0626. The number of fused-ring (bicyclic) bond motifs is 1. The number of hydrogen-bond acceptors (Lipinski definition) is 8. The number of ether oxygens (including phenoxy) is 1. The number of hydrogen-bond donors (Lipinski definition) is 2. The van der Waals surface area contributed by atoms with Crippen LogP contribution in [-0.4, -0.2) is 47.7 Å². The summed E-state index contributed by atoms with van der Waals surface area (Å²) >= 11 is 0.906. The van der Waals surface area contributed by atoms with E-state index in [0.29, 0.717) is 11.4 Å². The molecule has 1 aromatic carbocycles. The van der Waals surface area contributed by atoms with Gasteiger partial charge in [0.1, 0.15) is 22.0 Å². The normalized spacial score (nSPS) is 20.9. The van der Waals surface area contributed by atoms with Crippen LogP contribution in [0.4, 0.5) is 0 Å². The fourth-order valence-corrected chi connectivity index (χ4v) is 5.34. The molecule has 2 aromatic rings. The molecule has 0 unspecified atom stereocenters. The van der Waals surface area contributed by atoms with Gasteiger partial charge in [0.15, 0.2) is 6.61 Å². The summed E-state index contributed by atoms with van der Waals surface area (Å²) in [7, 11) is -4.02. The molecule has 1 amide bonds. The molecule has 0 aliphatic heterocycles. The molecular formula is C18H24N4O5S2. The number of carbonyl (C=O) groups is 2. The first kappa shape index (κ1) is 21.6. The van der Waals surface area contributed by atoms with E-state index in [-0.39, 0.29) is 22.4 Å². The van der Waals surface area contributed by atoms with E-state index in [0.717, 1.165) is 37.4 Å². The number of aromatic nitrogens is 2. The molecular weight excluding hydrogens is 416 g/mol. The van der Waals surface area contributed by atoms with Crippen LogP contribution in [-0.2, 0) is 24.3 Å². The van der Waals surface area contributed by atoms with Crippen LogP contribution in [0.1, 0.15) is 39.5 Å². The maximum absolute atomic E-state index is 12.6. The second kappa shape index (κ2) is 9.14. The smallest absolute Gasteiger partial charge is 0.324 e. The highest BCUT2D eigenvalue weighted by atomic mass is 32.2. The molecule has 1 aliphatic rings. The van der Waals surface area contributed by atoms with Gasteiger partial charge in [0.2, 0.25) is 10.0 Å². The van der Waals surface area contributed by atoms with E-state index in [1.165, 1.54) is 13.0 Å². The van der Waals surface area contributed by atoms with Crippen molar-refractivity contribution >= 4 is 44.7 Å². The van der Waals surface area contributed by atoms with E-state index in [2.05, 4.69) is 25.7 Å². The zero-order chi connectivity index (χ0) is 21.0. The Bertz CT molecular complexity index is 991. The van der Waals surface area contributed by atoms with Gasteiger partial charge in [-0.1, -0.05) is 25.8 Å². The molecule has 0 bridgehead atoms. The van der Waals surface area contributed by atoms with E-state index in [4.69, 9.17) is 4.74 Å². The zero-order valence-corrected chi connectivity index (χ0v) is 17.9. The van der Waals surface area contributed by atoms with Crippen molar-refractivity contribution in [1.82, 2.24) is 18.8 Å². The van der Waals surface area contributed by atoms with Crippen molar-refractivity contribution in [3.63, 3.8) is 0 Å². The van der Waals surface area contributed by atoms with Crippen LogP contribution in [0.3, 0.4) is 0 Å². The van der Waals surface area contributed by atoms with Crippen LogP contribution < -0.4 is 10.0 Å². The Labute approximate surface area is 173 Å². The van der Waals surface area contributed by atoms with Gasteiger partial charge in [0.25, 0.3) is 5.91 Å². The fourth-order valence-electron chi connectivity index (χ4n) is 3.38. The quantitative estimate of drug-likeness (QED) is 0.626. The Kier molecular flexibility index (Phi) is 6.81. The summed E-state index contributed by atoms with van der Waals surface area (Å²) < 4.78 is 40.5. The van der Waals surface area contributed by atoms with Gasteiger partial charge in [-0.15, -0.1) is 0 Å². The van der Waals surface area contributed by atoms with E-state index in [9.17, 15) is 18.0 Å². The summed E-state index contributed by atoms with van der Waals surface area (Å²) in [4.78, 5) is 24.2. The minimum atomic E-state index is -4.02. The lowest BCUT2D eigenvalue weighted by molar-refractivity contribution is -0.150. The molecule has 0 radical (unpaired) electrons. The first-order chi connectivity index (χ1) is 13.8. The monoisotopic (exact) mass is 440 g/mol. The van der Waals surface area contributed by atoms with Gasteiger partial charge < -0.3 is 10.1 Å². The lowest BCUT2D eigenvalue weighted by Gasteiger charge is -2.29. The van der Waals surface area contributed by atoms with Crippen molar-refractivity contribution in [1.29, 1.82) is 0 Å².